The summed E-state index contributed by atoms with van der Waals surface area (Å²) in [6, 6.07) is 1.98. The van der Waals surface area contributed by atoms with Gasteiger partial charge in [-0.15, -0.1) is 0 Å². The number of nitrogens with zero attached hydrogens (tertiary/aromatic N) is 2. The van der Waals surface area contributed by atoms with E-state index in [1.165, 1.54) is 0 Å². The molecule has 5 nitrogen and oxygen atoms in total. The van der Waals surface area contributed by atoms with Crippen molar-refractivity contribution in [2.24, 2.45) is 11.7 Å². The number of anilines is 2. The zero-order valence-corrected chi connectivity index (χ0v) is 11.6. The van der Waals surface area contributed by atoms with Crippen molar-refractivity contribution >= 4 is 17.5 Å². The van der Waals surface area contributed by atoms with Gasteiger partial charge in [-0.05, 0) is 25.5 Å². The number of hydrogen-bond acceptors (Lipinski definition) is 4. The van der Waals surface area contributed by atoms with Gasteiger partial charge in [0, 0.05) is 19.6 Å². The first kappa shape index (κ1) is 15.4. The standard InChI is InChI=1S/C13H17F3N4O/c1-2-18-10-5-9(13(14,15)16)6-11(19-10)20-4-3-8(7-20)12(17)21/h5-6,8H,2-4,7H2,1H3,(H2,17,21)(H,18,19). The number of alkyl halides is 3. The molecule has 3 N–H and O–H groups in total. The zero-order chi connectivity index (χ0) is 15.6. The molecule has 0 radical (unpaired) electrons. The Hall–Kier alpha value is -1.99. The van der Waals surface area contributed by atoms with Gasteiger partial charge in [-0.1, -0.05) is 0 Å². The lowest BCUT2D eigenvalue weighted by atomic mass is 10.1. The van der Waals surface area contributed by atoms with Crippen LogP contribution in [0.4, 0.5) is 24.8 Å². The Kier molecular flexibility index (Phi) is 4.24. The normalized spacial score (nSPS) is 18.9. The predicted molar refractivity (Wildman–Crippen MR) is 72.9 cm³/mol. The molecule has 2 heterocycles. The molecule has 1 atom stereocenters. The number of nitrogens with one attached hydrogen (secondary N) is 1. The van der Waals surface area contributed by atoms with Gasteiger partial charge in [-0.25, -0.2) is 4.98 Å². The van der Waals surface area contributed by atoms with E-state index >= 15 is 0 Å². The van der Waals surface area contributed by atoms with Gasteiger partial charge in [-0.3, -0.25) is 4.79 Å². The maximum Gasteiger partial charge on any atom is 0.416 e. The quantitative estimate of drug-likeness (QED) is 0.890. The number of rotatable bonds is 4. The molecule has 1 amide bonds. The van der Waals surface area contributed by atoms with Gasteiger partial charge in [0.05, 0.1) is 11.5 Å². The summed E-state index contributed by atoms with van der Waals surface area (Å²) in [5.41, 5.74) is 4.48. The third kappa shape index (κ3) is 3.56. The highest BCUT2D eigenvalue weighted by molar-refractivity contribution is 5.78. The molecule has 0 aromatic carbocycles. The van der Waals surface area contributed by atoms with E-state index in [4.69, 9.17) is 5.73 Å². The number of primary amides is 1. The summed E-state index contributed by atoms with van der Waals surface area (Å²) < 4.78 is 38.8. The van der Waals surface area contributed by atoms with Crippen LogP contribution in [0.5, 0.6) is 0 Å². The highest BCUT2D eigenvalue weighted by atomic mass is 19.4. The Morgan fingerprint density at radius 3 is 2.76 bits per heavy atom. The highest BCUT2D eigenvalue weighted by Gasteiger charge is 2.33. The average molecular weight is 302 g/mol. The van der Waals surface area contributed by atoms with Gasteiger partial charge in [0.1, 0.15) is 11.6 Å². The number of pyridine rings is 1. The first-order valence-electron chi connectivity index (χ1n) is 6.68. The molecule has 116 valence electrons. The van der Waals surface area contributed by atoms with E-state index in [9.17, 15) is 18.0 Å². The monoisotopic (exact) mass is 302 g/mol. The van der Waals surface area contributed by atoms with Gasteiger partial charge < -0.3 is 16.0 Å². The van der Waals surface area contributed by atoms with Crippen molar-refractivity contribution in [2.75, 3.05) is 29.9 Å². The Labute approximate surface area is 120 Å². The van der Waals surface area contributed by atoms with Crippen LogP contribution in [0, 0.1) is 5.92 Å². The second-order valence-corrected chi connectivity index (χ2v) is 4.96. The molecule has 0 aliphatic carbocycles. The van der Waals surface area contributed by atoms with Crippen molar-refractivity contribution in [3.8, 4) is 0 Å². The van der Waals surface area contributed by atoms with Crippen molar-refractivity contribution in [1.29, 1.82) is 0 Å². The maximum atomic E-state index is 12.9. The molecule has 8 heteroatoms. The van der Waals surface area contributed by atoms with E-state index in [0.717, 1.165) is 12.1 Å². The third-order valence-corrected chi connectivity index (χ3v) is 3.41. The number of amides is 1. The molecule has 21 heavy (non-hydrogen) atoms. The first-order valence-corrected chi connectivity index (χ1v) is 6.68. The molecule has 0 spiro atoms. The van der Waals surface area contributed by atoms with Gasteiger partial charge in [-0.2, -0.15) is 13.2 Å². The van der Waals surface area contributed by atoms with E-state index in [1.54, 1.807) is 11.8 Å². The van der Waals surface area contributed by atoms with Crippen LogP contribution < -0.4 is 16.0 Å². The molecule has 1 fully saturated rings. The largest absolute Gasteiger partial charge is 0.416 e. The molecule has 1 saturated heterocycles. The SMILES string of the molecule is CCNc1cc(C(F)(F)F)cc(N2CCC(C(N)=O)C2)n1. The van der Waals surface area contributed by atoms with Crippen molar-refractivity contribution in [3.63, 3.8) is 0 Å². The number of carbonyl (C=O) groups excluding carboxylic acids is 1. The van der Waals surface area contributed by atoms with Gasteiger partial charge in [0.15, 0.2) is 0 Å². The minimum absolute atomic E-state index is 0.171. The molecule has 1 unspecified atom stereocenters. The van der Waals surface area contributed by atoms with E-state index in [0.29, 0.717) is 26.1 Å². The summed E-state index contributed by atoms with van der Waals surface area (Å²) in [6.45, 7) is 3.01. The fourth-order valence-electron chi connectivity index (χ4n) is 2.31. The van der Waals surface area contributed by atoms with Crippen LogP contribution in [0.2, 0.25) is 0 Å². The number of hydrogen-bond donors (Lipinski definition) is 2. The summed E-state index contributed by atoms with van der Waals surface area (Å²) in [6.07, 6.45) is -3.91. The van der Waals surface area contributed by atoms with Crippen LogP contribution in [0.25, 0.3) is 0 Å². The van der Waals surface area contributed by atoms with E-state index < -0.39 is 17.6 Å². The molecule has 0 bridgehead atoms. The van der Waals surface area contributed by atoms with Crippen LogP contribution in [-0.4, -0.2) is 30.5 Å². The molecular formula is C13H17F3N4O. The maximum absolute atomic E-state index is 12.9. The lowest BCUT2D eigenvalue weighted by molar-refractivity contribution is -0.137. The number of halogens is 3. The van der Waals surface area contributed by atoms with Gasteiger partial charge >= 0.3 is 6.18 Å². The van der Waals surface area contributed by atoms with Crippen molar-refractivity contribution < 1.29 is 18.0 Å². The summed E-state index contributed by atoms with van der Waals surface area (Å²) in [5.74, 6) is -0.394. The van der Waals surface area contributed by atoms with Crippen molar-refractivity contribution in [3.05, 3.63) is 17.7 Å². The van der Waals surface area contributed by atoms with Crippen LogP contribution in [0.1, 0.15) is 18.9 Å². The topological polar surface area (TPSA) is 71.2 Å². The third-order valence-electron chi connectivity index (χ3n) is 3.41. The number of aromatic nitrogens is 1. The first-order chi connectivity index (χ1) is 9.81. The van der Waals surface area contributed by atoms with Gasteiger partial charge in [0.25, 0.3) is 0 Å². The summed E-state index contributed by atoms with van der Waals surface area (Å²) in [5, 5.41) is 2.79. The minimum atomic E-state index is -4.44. The molecule has 0 saturated carbocycles. The highest BCUT2D eigenvalue weighted by Crippen LogP contribution is 2.34. The Balaban J connectivity index is 2.30. The lowest BCUT2D eigenvalue weighted by Gasteiger charge is -2.20. The Bertz CT molecular complexity index is 533. The molecule has 1 aromatic rings. The molecule has 2 rings (SSSR count). The molecule has 1 aliphatic heterocycles. The van der Waals surface area contributed by atoms with Crippen LogP contribution >= 0.6 is 0 Å². The zero-order valence-electron chi connectivity index (χ0n) is 11.6. The molecule has 1 aromatic heterocycles. The number of nitrogens with two attached hydrogens (primary N) is 1. The second kappa shape index (κ2) is 5.79. The summed E-state index contributed by atoms with van der Waals surface area (Å²) >= 11 is 0. The Morgan fingerprint density at radius 2 is 2.24 bits per heavy atom. The Morgan fingerprint density at radius 1 is 1.52 bits per heavy atom. The fraction of sp³-hybridized carbons (Fsp3) is 0.538. The fourth-order valence-corrected chi connectivity index (χ4v) is 2.31. The molecular weight excluding hydrogens is 285 g/mol. The van der Waals surface area contributed by atoms with E-state index in [-0.39, 0.29) is 17.6 Å². The van der Waals surface area contributed by atoms with E-state index in [2.05, 4.69) is 10.3 Å². The van der Waals surface area contributed by atoms with Gasteiger partial charge in [0.2, 0.25) is 5.91 Å². The minimum Gasteiger partial charge on any atom is -0.370 e. The summed E-state index contributed by atoms with van der Waals surface area (Å²) in [7, 11) is 0. The summed E-state index contributed by atoms with van der Waals surface area (Å²) in [4.78, 5) is 17.0. The lowest BCUT2D eigenvalue weighted by Crippen LogP contribution is -2.28. The predicted octanol–water partition coefficient (Wildman–Crippen LogP) is 1.84. The number of carbonyl (C=O) groups is 1. The smallest absolute Gasteiger partial charge is 0.370 e. The van der Waals surface area contributed by atoms with Crippen molar-refractivity contribution in [1.82, 2.24) is 4.98 Å². The van der Waals surface area contributed by atoms with Crippen LogP contribution in [0.15, 0.2) is 12.1 Å². The average Bonchev–Trinajstić information content (AvgIpc) is 2.87. The second-order valence-electron chi connectivity index (χ2n) is 4.96. The van der Waals surface area contributed by atoms with Crippen molar-refractivity contribution in [2.45, 2.75) is 19.5 Å². The van der Waals surface area contributed by atoms with Crippen LogP contribution in [0.3, 0.4) is 0 Å². The van der Waals surface area contributed by atoms with E-state index in [1.807, 2.05) is 0 Å². The van der Waals surface area contributed by atoms with Crippen LogP contribution in [-0.2, 0) is 11.0 Å². The molecule has 1 aliphatic rings.